The van der Waals surface area contributed by atoms with E-state index in [0.717, 1.165) is 19.3 Å². The first-order valence-electron chi connectivity index (χ1n) is 8.90. The summed E-state index contributed by atoms with van der Waals surface area (Å²) in [5.74, 6) is -6.57. The molecule has 1 aromatic carbocycles. The molecule has 3 rings (SSSR count). The minimum atomic E-state index is -3.75. The van der Waals surface area contributed by atoms with E-state index < -0.39 is 29.9 Å². The van der Waals surface area contributed by atoms with Crippen molar-refractivity contribution in [2.75, 3.05) is 0 Å². The fraction of sp³-hybridized carbons (Fsp3) is 0.550. The van der Waals surface area contributed by atoms with Crippen LogP contribution >= 0.6 is 0 Å². The minimum Gasteiger partial charge on any atom is -0.458 e. The van der Waals surface area contributed by atoms with Crippen molar-refractivity contribution < 1.29 is 22.7 Å². The molecule has 5 heteroatoms. The lowest BCUT2D eigenvalue weighted by atomic mass is 9.67. The molecule has 0 aliphatic heterocycles. The maximum absolute atomic E-state index is 15.6. The zero-order valence-electron chi connectivity index (χ0n) is 14.1. The van der Waals surface area contributed by atoms with Crippen molar-refractivity contribution in [3.63, 3.8) is 0 Å². The van der Waals surface area contributed by atoms with Crippen LogP contribution in [0.25, 0.3) is 0 Å². The van der Waals surface area contributed by atoms with Crippen LogP contribution in [0.3, 0.4) is 0 Å². The molecule has 1 aromatic rings. The zero-order chi connectivity index (χ0) is 17.9. The summed E-state index contributed by atoms with van der Waals surface area (Å²) < 4.78 is 49.6. The van der Waals surface area contributed by atoms with Crippen molar-refractivity contribution in [1.82, 2.24) is 0 Å². The number of carbonyl (C=O) groups excluding carboxylic acids is 1. The molecule has 136 valence electrons. The quantitative estimate of drug-likeness (QED) is 0.548. The van der Waals surface area contributed by atoms with Gasteiger partial charge in [-0.15, -0.1) is 0 Å². The zero-order valence-corrected chi connectivity index (χ0v) is 14.1. The number of allylic oxidation sites excluding steroid dienone is 2. The first kappa shape index (κ1) is 18.0. The van der Waals surface area contributed by atoms with Crippen molar-refractivity contribution in [1.29, 1.82) is 0 Å². The summed E-state index contributed by atoms with van der Waals surface area (Å²) in [6.07, 6.45) is 6.14. The Hall–Kier alpha value is -1.78. The average Bonchev–Trinajstić information content (AvgIpc) is 2.63. The van der Waals surface area contributed by atoms with E-state index in [-0.39, 0.29) is 12.5 Å². The van der Waals surface area contributed by atoms with Crippen LogP contribution in [0.2, 0.25) is 0 Å². The second-order valence-electron chi connectivity index (χ2n) is 7.03. The van der Waals surface area contributed by atoms with Crippen LogP contribution in [0.4, 0.5) is 13.2 Å². The molecular formula is C20H23F3O2. The first-order valence-corrected chi connectivity index (χ1v) is 8.90. The van der Waals surface area contributed by atoms with Crippen molar-refractivity contribution >= 4 is 5.97 Å². The van der Waals surface area contributed by atoms with Gasteiger partial charge in [0.2, 0.25) is 0 Å². The van der Waals surface area contributed by atoms with Gasteiger partial charge in [-0.2, -0.15) is 0 Å². The molecule has 0 spiro atoms. The molecule has 25 heavy (non-hydrogen) atoms. The van der Waals surface area contributed by atoms with Gasteiger partial charge in [0.15, 0.2) is 0 Å². The second-order valence-corrected chi connectivity index (χ2v) is 7.03. The Morgan fingerprint density at radius 1 is 1.08 bits per heavy atom. The van der Waals surface area contributed by atoms with Gasteiger partial charge < -0.3 is 4.74 Å². The van der Waals surface area contributed by atoms with Gasteiger partial charge in [-0.05, 0) is 24.3 Å². The van der Waals surface area contributed by atoms with Gasteiger partial charge in [-0.1, -0.05) is 61.7 Å². The van der Waals surface area contributed by atoms with E-state index in [2.05, 4.69) is 0 Å². The number of halogens is 3. The summed E-state index contributed by atoms with van der Waals surface area (Å²) in [5, 5.41) is 0. The number of alkyl halides is 3. The number of ether oxygens (including phenoxy) is 1. The van der Waals surface area contributed by atoms with Crippen LogP contribution in [0.5, 0.6) is 0 Å². The number of hydrogen-bond acceptors (Lipinski definition) is 2. The van der Waals surface area contributed by atoms with Crippen molar-refractivity contribution in [2.24, 2.45) is 11.8 Å². The summed E-state index contributed by atoms with van der Waals surface area (Å²) in [6.45, 7) is -0.206. The summed E-state index contributed by atoms with van der Waals surface area (Å²) in [5.41, 5.74) is -2.65. The minimum absolute atomic E-state index is 0.206. The highest BCUT2D eigenvalue weighted by molar-refractivity contribution is 5.82. The van der Waals surface area contributed by atoms with Crippen molar-refractivity contribution in [3.05, 3.63) is 48.0 Å². The Balaban J connectivity index is 1.81. The normalized spacial score (nSPS) is 29.3. The molecule has 2 unspecified atom stereocenters. The van der Waals surface area contributed by atoms with Gasteiger partial charge in [0.1, 0.15) is 6.61 Å². The largest absolute Gasteiger partial charge is 0.458 e. The molecule has 2 atom stereocenters. The molecule has 0 aromatic heterocycles. The molecule has 0 saturated heterocycles. The monoisotopic (exact) mass is 352 g/mol. The Morgan fingerprint density at radius 3 is 2.44 bits per heavy atom. The maximum atomic E-state index is 15.6. The van der Waals surface area contributed by atoms with E-state index in [0.29, 0.717) is 18.4 Å². The van der Waals surface area contributed by atoms with Crippen molar-refractivity contribution in [2.45, 2.75) is 56.7 Å². The molecular weight excluding hydrogens is 329 g/mol. The molecule has 1 fully saturated rings. The van der Waals surface area contributed by atoms with E-state index in [1.54, 1.807) is 30.3 Å². The van der Waals surface area contributed by atoms with E-state index in [1.165, 1.54) is 12.2 Å². The average molecular weight is 352 g/mol. The summed E-state index contributed by atoms with van der Waals surface area (Å²) in [4.78, 5) is 12.5. The predicted molar refractivity (Wildman–Crippen MR) is 88.8 cm³/mol. The Bertz CT molecular complexity index is 623. The van der Waals surface area contributed by atoms with Gasteiger partial charge >= 0.3 is 5.97 Å². The smallest absolute Gasteiger partial charge is 0.351 e. The number of carbonyl (C=O) groups is 1. The molecule has 0 amide bonds. The van der Waals surface area contributed by atoms with Gasteiger partial charge in [-0.25, -0.2) is 18.0 Å². The SMILES string of the molecule is O=C(OCc1ccccc1)C1(F)C(C2CCCCC2)C=CCC1(F)F. The third-order valence-electron chi connectivity index (χ3n) is 5.38. The Morgan fingerprint density at radius 2 is 1.76 bits per heavy atom. The van der Waals surface area contributed by atoms with Gasteiger partial charge in [0.25, 0.3) is 11.6 Å². The Kier molecular flexibility index (Phi) is 5.21. The molecule has 1 saturated carbocycles. The van der Waals surface area contributed by atoms with Gasteiger partial charge in [0.05, 0.1) is 0 Å². The van der Waals surface area contributed by atoms with Crippen molar-refractivity contribution in [3.8, 4) is 0 Å². The second kappa shape index (κ2) is 7.22. The Labute approximate surface area is 146 Å². The molecule has 0 heterocycles. The summed E-state index contributed by atoms with van der Waals surface area (Å²) >= 11 is 0. The maximum Gasteiger partial charge on any atom is 0.351 e. The van der Waals surface area contributed by atoms with E-state index >= 15 is 4.39 Å². The molecule has 0 N–H and O–H groups in total. The third-order valence-corrected chi connectivity index (χ3v) is 5.38. The van der Waals surface area contributed by atoms with Crippen LogP contribution in [-0.2, 0) is 16.1 Å². The van der Waals surface area contributed by atoms with Crippen LogP contribution in [0.15, 0.2) is 42.5 Å². The number of esters is 1. The highest BCUT2D eigenvalue weighted by Gasteiger charge is 2.67. The molecule has 0 bridgehead atoms. The van der Waals surface area contributed by atoms with E-state index in [9.17, 15) is 13.6 Å². The topological polar surface area (TPSA) is 26.3 Å². The molecule has 0 radical (unpaired) electrons. The van der Waals surface area contributed by atoms with Crippen LogP contribution in [0, 0.1) is 11.8 Å². The third kappa shape index (κ3) is 3.46. The summed E-state index contributed by atoms with van der Waals surface area (Å²) in [7, 11) is 0. The lowest BCUT2D eigenvalue weighted by molar-refractivity contribution is -0.206. The number of hydrogen-bond donors (Lipinski definition) is 0. The van der Waals surface area contributed by atoms with E-state index in [4.69, 9.17) is 4.74 Å². The predicted octanol–water partition coefficient (Wildman–Crippen LogP) is 5.23. The molecule has 2 nitrogen and oxygen atoms in total. The molecule has 2 aliphatic rings. The van der Waals surface area contributed by atoms with Crippen LogP contribution in [0.1, 0.15) is 44.1 Å². The van der Waals surface area contributed by atoms with Gasteiger partial charge in [-0.3, -0.25) is 0 Å². The number of rotatable bonds is 4. The highest BCUT2D eigenvalue weighted by atomic mass is 19.3. The van der Waals surface area contributed by atoms with Crippen LogP contribution in [-0.4, -0.2) is 17.6 Å². The lowest BCUT2D eigenvalue weighted by Crippen LogP contribution is -2.59. The van der Waals surface area contributed by atoms with Gasteiger partial charge in [0, 0.05) is 12.3 Å². The first-order chi connectivity index (χ1) is 11.9. The standard InChI is InChI=1S/C20H23F3O2/c21-19(22)13-7-12-17(16-10-5-2-6-11-16)20(19,23)18(24)25-14-15-8-3-1-4-9-15/h1,3-4,7-9,12,16-17H,2,5-6,10-11,13-14H2. The summed E-state index contributed by atoms with van der Waals surface area (Å²) in [6, 6.07) is 8.70. The molecule has 2 aliphatic carbocycles. The lowest BCUT2D eigenvalue weighted by Gasteiger charge is -2.42. The van der Waals surface area contributed by atoms with E-state index in [1.807, 2.05) is 0 Å². The van der Waals surface area contributed by atoms with Crippen LogP contribution < -0.4 is 0 Å². The highest BCUT2D eigenvalue weighted by Crippen LogP contribution is 2.51. The fourth-order valence-corrected chi connectivity index (χ4v) is 3.98. The number of benzene rings is 1. The fourth-order valence-electron chi connectivity index (χ4n) is 3.98.